The lowest BCUT2D eigenvalue weighted by Crippen LogP contribution is -2.53. The minimum Gasteiger partial charge on any atom is -0.480 e. The molecule has 6 nitrogen and oxygen atoms in total. The summed E-state index contributed by atoms with van der Waals surface area (Å²) in [5.41, 5.74) is 0. The molecule has 3 unspecified atom stereocenters. The van der Waals surface area contributed by atoms with E-state index >= 15 is 0 Å². The van der Waals surface area contributed by atoms with Crippen LogP contribution in [0.1, 0.15) is 26.2 Å². The Bertz CT molecular complexity index is 283. The Balaban J connectivity index is 2.48. The summed E-state index contributed by atoms with van der Waals surface area (Å²) in [7, 11) is 0. The Labute approximate surface area is 100 Å². The Morgan fingerprint density at radius 3 is 2.76 bits per heavy atom. The van der Waals surface area contributed by atoms with Crippen molar-refractivity contribution in [2.24, 2.45) is 5.92 Å². The molecule has 17 heavy (non-hydrogen) atoms. The SMILES string of the molecule is CCC1CCNC(C(=O)NC(CO)C(=O)O)C1. The van der Waals surface area contributed by atoms with Gasteiger partial charge in [-0.2, -0.15) is 0 Å². The standard InChI is InChI=1S/C11H20N2O4/c1-2-7-3-4-12-8(5-7)10(15)13-9(6-14)11(16)17/h7-9,12,14H,2-6H2,1H3,(H,13,15)(H,16,17). The second-order valence-corrected chi connectivity index (χ2v) is 4.39. The van der Waals surface area contributed by atoms with Crippen molar-refractivity contribution >= 4 is 11.9 Å². The van der Waals surface area contributed by atoms with E-state index in [0.717, 1.165) is 25.8 Å². The summed E-state index contributed by atoms with van der Waals surface area (Å²) in [4.78, 5) is 22.5. The normalized spacial score (nSPS) is 26.2. The van der Waals surface area contributed by atoms with Crippen LogP contribution >= 0.6 is 0 Å². The van der Waals surface area contributed by atoms with Gasteiger partial charge in [-0.25, -0.2) is 4.79 Å². The zero-order valence-corrected chi connectivity index (χ0v) is 9.98. The Kier molecular flexibility index (Phi) is 5.37. The van der Waals surface area contributed by atoms with Crippen LogP contribution in [0, 0.1) is 5.92 Å². The molecule has 0 bridgehead atoms. The number of carboxylic acid groups (broad SMARTS) is 1. The number of nitrogens with one attached hydrogen (secondary N) is 2. The first-order chi connectivity index (χ1) is 8.08. The summed E-state index contributed by atoms with van der Waals surface area (Å²) in [6.07, 6.45) is 2.79. The van der Waals surface area contributed by atoms with Crippen molar-refractivity contribution in [1.29, 1.82) is 0 Å². The molecule has 98 valence electrons. The van der Waals surface area contributed by atoms with Gasteiger partial charge in [0.05, 0.1) is 12.6 Å². The van der Waals surface area contributed by atoms with Crippen LogP contribution in [0.5, 0.6) is 0 Å². The Morgan fingerprint density at radius 2 is 2.24 bits per heavy atom. The van der Waals surface area contributed by atoms with Gasteiger partial charge in [-0.15, -0.1) is 0 Å². The number of amides is 1. The zero-order valence-electron chi connectivity index (χ0n) is 9.98. The first-order valence-corrected chi connectivity index (χ1v) is 5.95. The molecule has 1 rings (SSSR count). The third-order valence-electron chi connectivity index (χ3n) is 3.20. The van der Waals surface area contributed by atoms with E-state index in [9.17, 15) is 9.59 Å². The van der Waals surface area contributed by atoms with E-state index in [-0.39, 0.29) is 11.9 Å². The number of hydrogen-bond donors (Lipinski definition) is 4. The molecule has 6 heteroatoms. The molecular formula is C11H20N2O4. The average molecular weight is 244 g/mol. The van der Waals surface area contributed by atoms with Gasteiger partial charge in [-0.1, -0.05) is 13.3 Å². The monoisotopic (exact) mass is 244 g/mol. The molecule has 0 saturated carbocycles. The van der Waals surface area contributed by atoms with Gasteiger partial charge in [0.25, 0.3) is 0 Å². The molecular weight excluding hydrogens is 224 g/mol. The summed E-state index contributed by atoms with van der Waals surface area (Å²) < 4.78 is 0. The second-order valence-electron chi connectivity index (χ2n) is 4.39. The Hall–Kier alpha value is -1.14. The van der Waals surface area contributed by atoms with Crippen LogP contribution in [-0.4, -0.2) is 47.3 Å². The van der Waals surface area contributed by atoms with Crippen LogP contribution in [0.3, 0.4) is 0 Å². The van der Waals surface area contributed by atoms with Gasteiger partial charge < -0.3 is 20.8 Å². The van der Waals surface area contributed by atoms with E-state index in [0.29, 0.717) is 5.92 Å². The maximum Gasteiger partial charge on any atom is 0.328 e. The molecule has 0 spiro atoms. The molecule has 1 amide bonds. The van der Waals surface area contributed by atoms with Gasteiger partial charge in [0.1, 0.15) is 6.04 Å². The van der Waals surface area contributed by atoms with E-state index in [4.69, 9.17) is 10.2 Å². The number of carboxylic acids is 1. The molecule has 1 fully saturated rings. The smallest absolute Gasteiger partial charge is 0.328 e. The first kappa shape index (κ1) is 13.9. The van der Waals surface area contributed by atoms with Crippen LogP contribution in [0.2, 0.25) is 0 Å². The molecule has 4 N–H and O–H groups in total. The molecule has 0 aromatic carbocycles. The van der Waals surface area contributed by atoms with E-state index < -0.39 is 18.6 Å². The van der Waals surface area contributed by atoms with Crippen molar-refractivity contribution in [1.82, 2.24) is 10.6 Å². The van der Waals surface area contributed by atoms with Crippen molar-refractivity contribution < 1.29 is 19.8 Å². The predicted octanol–water partition coefficient (Wildman–Crippen LogP) is -0.674. The van der Waals surface area contributed by atoms with Crippen molar-refractivity contribution in [2.45, 2.75) is 38.3 Å². The number of carbonyl (C=O) groups is 2. The molecule has 1 saturated heterocycles. The molecule has 1 aliphatic heterocycles. The quantitative estimate of drug-likeness (QED) is 0.514. The van der Waals surface area contributed by atoms with Crippen molar-refractivity contribution in [2.75, 3.05) is 13.2 Å². The molecule has 3 atom stereocenters. The number of piperidine rings is 1. The highest BCUT2D eigenvalue weighted by Crippen LogP contribution is 2.19. The van der Waals surface area contributed by atoms with Gasteiger partial charge in [-0.05, 0) is 25.3 Å². The average Bonchev–Trinajstić information content (AvgIpc) is 2.35. The third kappa shape index (κ3) is 3.98. The third-order valence-corrected chi connectivity index (χ3v) is 3.20. The van der Waals surface area contributed by atoms with Gasteiger partial charge in [0.15, 0.2) is 0 Å². The number of rotatable bonds is 5. The summed E-state index contributed by atoms with van der Waals surface area (Å²) >= 11 is 0. The highest BCUT2D eigenvalue weighted by atomic mass is 16.4. The first-order valence-electron chi connectivity index (χ1n) is 5.95. The minimum absolute atomic E-state index is 0.343. The predicted molar refractivity (Wildman–Crippen MR) is 61.5 cm³/mol. The van der Waals surface area contributed by atoms with Crippen molar-refractivity contribution in [3.05, 3.63) is 0 Å². The topological polar surface area (TPSA) is 98.7 Å². The molecule has 0 radical (unpaired) electrons. The van der Waals surface area contributed by atoms with Crippen LogP contribution < -0.4 is 10.6 Å². The number of carbonyl (C=O) groups excluding carboxylic acids is 1. The fraction of sp³-hybridized carbons (Fsp3) is 0.818. The number of aliphatic carboxylic acids is 1. The number of aliphatic hydroxyl groups excluding tert-OH is 1. The summed E-state index contributed by atoms with van der Waals surface area (Å²) in [5, 5.41) is 22.9. The van der Waals surface area contributed by atoms with Crippen LogP contribution in [0.4, 0.5) is 0 Å². The fourth-order valence-electron chi connectivity index (χ4n) is 2.02. The fourth-order valence-corrected chi connectivity index (χ4v) is 2.02. The lowest BCUT2D eigenvalue weighted by molar-refractivity contribution is -0.143. The summed E-state index contributed by atoms with van der Waals surface area (Å²) in [6, 6.07) is -1.56. The molecule has 1 heterocycles. The van der Waals surface area contributed by atoms with Crippen LogP contribution in [0.15, 0.2) is 0 Å². The summed E-state index contributed by atoms with van der Waals surface area (Å²) in [5.74, 6) is -1.06. The second kappa shape index (κ2) is 6.56. The van der Waals surface area contributed by atoms with E-state index in [1.54, 1.807) is 0 Å². The van der Waals surface area contributed by atoms with Crippen molar-refractivity contribution in [3.63, 3.8) is 0 Å². The molecule has 0 aromatic rings. The number of hydrogen-bond acceptors (Lipinski definition) is 4. The highest BCUT2D eigenvalue weighted by Gasteiger charge is 2.28. The minimum atomic E-state index is -1.22. The Morgan fingerprint density at radius 1 is 1.53 bits per heavy atom. The van der Waals surface area contributed by atoms with Gasteiger partial charge in [0, 0.05) is 0 Å². The highest BCUT2D eigenvalue weighted by molar-refractivity contribution is 5.87. The van der Waals surface area contributed by atoms with Crippen LogP contribution in [0.25, 0.3) is 0 Å². The van der Waals surface area contributed by atoms with E-state index in [1.807, 2.05) is 0 Å². The van der Waals surface area contributed by atoms with Gasteiger partial charge in [0.2, 0.25) is 5.91 Å². The van der Waals surface area contributed by atoms with Crippen LogP contribution in [-0.2, 0) is 9.59 Å². The molecule has 0 aromatic heterocycles. The van der Waals surface area contributed by atoms with E-state index in [2.05, 4.69) is 17.6 Å². The van der Waals surface area contributed by atoms with Gasteiger partial charge in [-0.3, -0.25) is 4.79 Å². The van der Waals surface area contributed by atoms with Gasteiger partial charge >= 0.3 is 5.97 Å². The zero-order chi connectivity index (χ0) is 12.8. The molecule has 0 aliphatic carbocycles. The van der Waals surface area contributed by atoms with E-state index in [1.165, 1.54) is 0 Å². The van der Waals surface area contributed by atoms with Crippen molar-refractivity contribution in [3.8, 4) is 0 Å². The lowest BCUT2D eigenvalue weighted by Gasteiger charge is -2.29. The molecule has 1 aliphatic rings. The lowest BCUT2D eigenvalue weighted by atomic mass is 9.90. The largest absolute Gasteiger partial charge is 0.480 e. The maximum absolute atomic E-state index is 11.8. The summed E-state index contributed by atoms with van der Waals surface area (Å²) in [6.45, 7) is 2.26. The maximum atomic E-state index is 11.8. The number of aliphatic hydroxyl groups is 1.